The minimum absolute atomic E-state index is 0.154. The van der Waals surface area contributed by atoms with Crippen LogP contribution in [0.2, 0.25) is 0 Å². The van der Waals surface area contributed by atoms with Crippen LogP contribution in [0.3, 0.4) is 0 Å². The molecule has 2 N–H and O–H groups in total. The number of hydrogen-bond acceptors (Lipinski definition) is 4. The molecule has 9 heteroatoms. The number of halogens is 5. The number of aryl methyl sites for hydroxylation is 1. The summed E-state index contributed by atoms with van der Waals surface area (Å²) in [4.78, 5) is 7.03. The zero-order valence-electron chi connectivity index (χ0n) is 7.94. The molecule has 4 nitrogen and oxygen atoms in total. The van der Waals surface area contributed by atoms with Crippen LogP contribution in [0.4, 0.5) is 27.8 Å². The predicted octanol–water partition coefficient (Wildman–Crippen LogP) is 1.86. The van der Waals surface area contributed by atoms with E-state index in [1.165, 1.54) is 13.1 Å². The smallest absolute Gasteiger partial charge is 0.300 e. The van der Waals surface area contributed by atoms with Crippen molar-refractivity contribution >= 4 is 5.82 Å². The Morgan fingerprint density at radius 3 is 2.31 bits per heavy atom. The third-order valence-corrected chi connectivity index (χ3v) is 1.59. The summed E-state index contributed by atoms with van der Waals surface area (Å²) < 4.78 is 60.1. The first-order valence-electron chi connectivity index (χ1n) is 3.98. The van der Waals surface area contributed by atoms with Crippen molar-refractivity contribution in [1.29, 1.82) is 0 Å². The van der Waals surface area contributed by atoms with Gasteiger partial charge in [0.25, 0.3) is 0 Å². The first-order valence-corrected chi connectivity index (χ1v) is 3.98. The van der Waals surface area contributed by atoms with Crippen molar-refractivity contribution in [2.24, 2.45) is 0 Å². The highest BCUT2D eigenvalue weighted by molar-refractivity contribution is 5.39. The van der Waals surface area contributed by atoms with E-state index in [-0.39, 0.29) is 5.82 Å². The summed E-state index contributed by atoms with van der Waals surface area (Å²) in [6, 6.07) is -5.04. The largest absolute Gasteiger partial charge is 0.470 e. The van der Waals surface area contributed by atoms with E-state index >= 15 is 0 Å². The van der Waals surface area contributed by atoms with Crippen molar-refractivity contribution in [3.8, 4) is 0 Å². The lowest BCUT2D eigenvalue weighted by molar-refractivity contribution is -0.293. The SMILES string of the molecule is Cc1cncnc1NNC(F)(F)C(F)(F)F. The van der Waals surface area contributed by atoms with E-state index in [1.54, 1.807) is 5.43 Å². The Kier molecular flexibility index (Phi) is 3.27. The Balaban J connectivity index is 2.69. The Labute approximate surface area is 86.9 Å². The number of nitrogens with zero attached hydrogens (tertiary/aromatic N) is 2. The van der Waals surface area contributed by atoms with Crippen molar-refractivity contribution in [3.05, 3.63) is 18.1 Å². The molecule has 0 aliphatic rings. The quantitative estimate of drug-likeness (QED) is 0.482. The summed E-state index contributed by atoms with van der Waals surface area (Å²) in [5, 5.41) is 0. The van der Waals surface area contributed by atoms with Crippen LogP contribution in [0, 0.1) is 6.92 Å². The summed E-state index contributed by atoms with van der Waals surface area (Å²) >= 11 is 0. The van der Waals surface area contributed by atoms with Crippen LogP contribution < -0.4 is 10.9 Å². The molecule has 0 amide bonds. The molecule has 1 heterocycles. The van der Waals surface area contributed by atoms with E-state index in [9.17, 15) is 22.0 Å². The highest BCUT2D eigenvalue weighted by atomic mass is 19.4. The fourth-order valence-corrected chi connectivity index (χ4v) is 0.739. The molecule has 0 aromatic carbocycles. The van der Waals surface area contributed by atoms with E-state index in [0.717, 1.165) is 11.8 Å². The van der Waals surface area contributed by atoms with Crippen molar-refractivity contribution in [3.63, 3.8) is 0 Å². The molecule has 0 spiro atoms. The Morgan fingerprint density at radius 2 is 1.81 bits per heavy atom. The highest BCUT2D eigenvalue weighted by Gasteiger charge is 2.58. The highest BCUT2D eigenvalue weighted by Crippen LogP contribution is 2.32. The average Bonchev–Trinajstić information content (AvgIpc) is 2.15. The van der Waals surface area contributed by atoms with Crippen LogP contribution in [-0.4, -0.2) is 22.2 Å². The number of rotatable bonds is 3. The molecule has 0 saturated carbocycles. The number of alkyl halides is 5. The summed E-state index contributed by atoms with van der Waals surface area (Å²) in [5.74, 6) is -0.154. The molecule has 0 fully saturated rings. The van der Waals surface area contributed by atoms with Gasteiger partial charge in [0, 0.05) is 11.8 Å². The molecule has 0 aliphatic carbocycles. The first-order chi connectivity index (χ1) is 7.24. The minimum atomic E-state index is -5.68. The molecular formula is C7H7F5N4. The van der Waals surface area contributed by atoms with Crippen molar-refractivity contribution in [2.45, 2.75) is 19.1 Å². The third kappa shape index (κ3) is 2.75. The number of nitrogens with one attached hydrogen (secondary N) is 2. The second-order valence-corrected chi connectivity index (χ2v) is 2.88. The van der Waals surface area contributed by atoms with Crippen LogP contribution in [0.1, 0.15) is 5.56 Å². The first kappa shape index (κ1) is 12.6. The van der Waals surface area contributed by atoms with Crippen molar-refractivity contribution in [2.75, 3.05) is 5.43 Å². The summed E-state index contributed by atoms with van der Waals surface area (Å²) in [6.07, 6.45) is -3.40. The zero-order chi connectivity index (χ0) is 12.4. The van der Waals surface area contributed by atoms with Gasteiger partial charge in [-0.25, -0.2) is 9.97 Å². The molecule has 0 bridgehead atoms. The van der Waals surface area contributed by atoms with Gasteiger partial charge in [0.1, 0.15) is 12.1 Å². The lowest BCUT2D eigenvalue weighted by Gasteiger charge is -2.21. The summed E-state index contributed by atoms with van der Waals surface area (Å²) in [6.45, 7) is 1.45. The Bertz CT molecular complexity index is 364. The van der Waals surface area contributed by atoms with Crippen LogP contribution >= 0.6 is 0 Å². The standard InChI is InChI=1S/C7H7F5N4/c1-4-2-13-3-14-5(4)15-16-7(11,12)6(8,9)10/h2-3,16H,1H3,(H,13,14,15). The van der Waals surface area contributed by atoms with E-state index < -0.39 is 12.2 Å². The van der Waals surface area contributed by atoms with Gasteiger partial charge in [-0.05, 0) is 6.92 Å². The van der Waals surface area contributed by atoms with Crippen LogP contribution in [0.15, 0.2) is 12.5 Å². The fraction of sp³-hybridized carbons (Fsp3) is 0.429. The van der Waals surface area contributed by atoms with Crippen LogP contribution in [-0.2, 0) is 0 Å². The summed E-state index contributed by atoms with van der Waals surface area (Å²) in [7, 11) is 0. The lowest BCUT2D eigenvalue weighted by Crippen LogP contribution is -2.52. The van der Waals surface area contributed by atoms with Crippen LogP contribution in [0.5, 0.6) is 0 Å². The van der Waals surface area contributed by atoms with Gasteiger partial charge in [-0.3, -0.25) is 0 Å². The molecule has 1 rings (SSSR count). The van der Waals surface area contributed by atoms with Gasteiger partial charge in [-0.2, -0.15) is 27.4 Å². The Morgan fingerprint density at radius 1 is 1.19 bits per heavy atom. The maximum absolute atomic E-state index is 12.4. The molecule has 1 aromatic rings. The predicted molar refractivity (Wildman–Crippen MR) is 44.5 cm³/mol. The Hall–Kier alpha value is -1.51. The molecule has 0 atom stereocenters. The van der Waals surface area contributed by atoms with E-state index in [0.29, 0.717) is 5.56 Å². The monoisotopic (exact) mass is 242 g/mol. The van der Waals surface area contributed by atoms with Gasteiger partial charge in [-0.15, -0.1) is 0 Å². The summed E-state index contributed by atoms with van der Waals surface area (Å²) in [5.41, 5.74) is 2.87. The molecule has 0 unspecified atom stereocenters. The van der Waals surface area contributed by atoms with E-state index in [1.807, 2.05) is 0 Å². The molecule has 1 aromatic heterocycles. The molecule has 0 aliphatic heterocycles. The maximum Gasteiger partial charge on any atom is 0.470 e. The van der Waals surface area contributed by atoms with Gasteiger partial charge < -0.3 is 5.43 Å². The van der Waals surface area contributed by atoms with E-state index in [4.69, 9.17) is 0 Å². The minimum Gasteiger partial charge on any atom is -0.300 e. The van der Waals surface area contributed by atoms with Gasteiger partial charge in [0.2, 0.25) is 0 Å². The molecule has 16 heavy (non-hydrogen) atoms. The molecule has 0 saturated heterocycles. The molecular weight excluding hydrogens is 235 g/mol. The lowest BCUT2D eigenvalue weighted by atomic mass is 10.3. The fourth-order valence-electron chi connectivity index (χ4n) is 0.739. The topological polar surface area (TPSA) is 49.8 Å². The van der Waals surface area contributed by atoms with Gasteiger partial charge in [0.05, 0.1) is 0 Å². The second-order valence-electron chi connectivity index (χ2n) is 2.88. The van der Waals surface area contributed by atoms with Gasteiger partial charge in [0.15, 0.2) is 0 Å². The van der Waals surface area contributed by atoms with Crippen molar-refractivity contribution in [1.82, 2.24) is 15.4 Å². The number of hydrogen-bond donors (Lipinski definition) is 2. The maximum atomic E-state index is 12.4. The number of aromatic nitrogens is 2. The van der Waals surface area contributed by atoms with E-state index in [2.05, 4.69) is 9.97 Å². The van der Waals surface area contributed by atoms with Gasteiger partial charge >= 0.3 is 12.2 Å². The molecule has 90 valence electrons. The number of anilines is 1. The van der Waals surface area contributed by atoms with Gasteiger partial charge in [-0.1, -0.05) is 0 Å². The normalized spacial score (nSPS) is 12.6. The third-order valence-electron chi connectivity index (χ3n) is 1.59. The number of hydrazine groups is 1. The average molecular weight is 242 g/mol. The van der Waals surface area contributed by atoms with Crippen LogP contribution in [0.25, 0.3) is 0 Å². The second kappa shape index (κ2) is 4.16. The zero-order valence-corrected chi connectivity index (χ0v) is 7.94. The van der Waals surface area contributed by atoms with Crippen molar-refractivity contribution < 1.29 is 22.0 Å². The molecule has 0 radical (unpaired) electrons.